The molecule has 0 bridgehead atoms. The first-order valence-electron chi connectivity index (χ1n) is 4.26. The Morgan fingerprint density at radius 3 is 3.00 bits per heavy atom. The Balaban J connectivity index is 2.01. The van der Waals surface area contributed by atoms with Crippen molar-refractivity contribution in [2.75, 3.05) is 19.6 Å². The summed E-state index contributed by atoms with van der Waals surface area (Å²) in [4.78, 5) is 2.32. The molecule has 2 rings (SSSR count). The lowest BCUT2D eigenvalue weighted by atomic mass is 9.96. The number of aromatic nitrogens is 2. The van der Waals surface area contributed by atoms with Crippen LogP contribution in [0.25, 0.3) is 0 Å². The molecule has 2 heterocycles. The van der Waals surface area contributed by atoms with E-state index in [-0.39, 0.29) is 0 Å². The number of nitrogens with zero attached hydrogens (tertiary/aromatic N) is 2. The molecule has 0 spiro atoms. The number of nitrogens with one attached hydrogen (secondary N) is 1. The molecule has 1 aliphatic rings. The molecule has 1 aromatic rings. The number of H-pyrrole nitrogens is 1. The fourth-order valence-electron chi connectivity index (χ4n) is 1.60. The van der Waals surface area contributed by atoms with E-state index in [0.717, 1.165) is 25.3 Å². The van der Waals surface area contributed by atoms with Crippen LogP contribution in [-0.2, 0) is 0 Å². The lowest BCUT2D eigenvalue weighted by molar-refractivity contribution is 0.153. The summed E-state index contributed by atoms with van der Waals surface area (Å²) >= 11 is 0. The lowest BCUT2D eigenvalue weighted by Crippen LogP contribution is -2.44. The van der Waals surface area contributed by atoms with Crippen molar-refractivity contribution in [3.63, 3.8) is 0 Å². The van der Waals surface area contributed by atoms with Gasteiger partial charge in [0.05, 0.1) is 11.9 Å². The summed E-state index contributed by atoms with van der Waals surface area (Å²) in [7, 11) is 0. The van der Waals surface area contributed by atoms with Crippen LogP contribution >= 0.6 is 0 Å². The largest absolute Gasteiger partial charge is 0.504 e. The average Bonchev–Trinajstić information content (AvgIpc) is 2.35. The molecule has 66 valence electrons. The maximum absolute atomic E-state index is 9.33. The first-order chi connectivity index (χ1) is 5.81. The van der Waals surface area contributed by atoms with Crippen molar-refractivity contribution in [3.8, 4) is 5.75 Å². The highest BCUT2D eigenvalue weighted by Gasteiger charge is 2.29. The third-order valence-electron chi connectivity index (χ3n) is 2.46. The van der Waals surface area contributed by atoms with Crippen LogP contribution < -0.4 is 0 Å². The van der Waals surface area contributed by atoms with Crippen molar-refractivity contribution in [1.29, 1.82) is 0 Å². The number of hydrogen-bond acceptors (Lipinski definition) is 3. The maximum atomic E-state index is 9.33. The Bertz CT molecular complexity index is 265. The van der Waals surface area contributed by atoms with Gasteiger partial charge in [-0.05, 0) is 6.54 Å². The van der Waals surface area contributed by atoms with Crippen LogP contribution in [0.4, 0.5) is 0 Å². The zero-order valence-corrected chi connectivity index (χ0v) is 7.12. The molecule has 4 heteroatoms. The van der Waals surface area contributed by atoms with E-state index in [9.17, 15) is 5.11 Å². The second kappa shape index (κ2) is 2.79. The minimum absolute atomic E-state index is 0.302. The molecule has 0 radical (unpaired) electrons. The smallest absolute Gasteiger partial charge is 0.156 e. The van der Waals surface area contributed by atoms with Crippen molar-refractivity contribution < 1.29 is 5.11 Å². The summed E-state index contributed by atoms with van der Waals surface area (Å²) < 4.78 is 0. The highest BCUT2D eigenvalue weighted by atomic mass is 16.3. The Morgan fingerprint density at radius 2 is 2.50 bits per heavy atom. The molecule has 0 aromatic carbocycles. The van der Waals surface area contributed by atoms with Crippen LogP contribution in [0.15, 0.2) is 6.20 Å². The number of likely N-dealkylation sites (N-methyl/N-ethyl adjacent to an activating group) is 1. The van der Waals surface area contributed by atoms with E-state index >= 15 is 0 Å². The van der Waals surface area contributed by atoms with Crippen LogP contribution in [0.1, 0.15) is 18.5 Å². The third-order valence-corrected chi connectivity index (χ3v) is 2.46. The van der Waals surface area contributed by atoms with Crippen LogP contribution in [0.5, 0.6) is 5.75 Å². The molecule has 12 heavy (non-hydrogen) atoms. The third kappa shape index (κ3) is 1.08. The van der Waals surface area contributed by atoms with Crippen molar-refractivity contribution in [1.82, 2.24) is 15.1 Å². The van der Waals surface area contributed by atoms with E-state index in [4.69, 9.17) is 0 Å². The lowest BCUT2D eigenvalue weighted by Gasteiger charge is -2.37. The second-order valence-corrected chi connectivity index (χ2v) is 3.22. The van der Waals surface area contributed by atoms with E-state index < -0.39 is 0 Å². The first-order valence-corrected chi connectivity index (χ1v) is 4.26. The minimum atomic E-state index is 0.302. The van der Waals surface area contributed by atoms with Gasteiger partial charge >= 0.3 is 0 Å². The quantitative estimate of drug-likeness (QED) is 0.675. The van der Waals surface area contributed by atoms with E-state index in [2.05, 4.69) is 22.0 Å². The van der Waals surface area contributed by atoms with Crippen molar-refractivity contribution in [3.05, 3.63) is 11.9 Å². The molecule has 0 aliphatic carbocycles. The predicted molar refractivity (Wildman–Crippen MR) is 45.1 cm³/mol. The molecule has 1 aliphatic heterocycles. The Kier molecular flexibility index (Phi) is 1.77. The SMILES string of the molecule is CCN1CC(c2[nH]ncc2O)C1. The van der Waals surface area contributed by atoms with Gasteiger partial charge in [0.1, 0.15) is 0 Å². The van der Waals surface area contributed by atoms with Crippen LogP contribution in [0.3, 0.4) is 0 Å². The molecule has 1 aromatic heterocycles. The minimum Gasteiger partial charge on any atom is -0.504 e. The van der Waals surface area contributed by atoms with Gasteiger partial charge in [0, 0.05) is 19.0 Å². The number of aromatic amines is 1. The second-order valence-electron chi connectivity index (χ2n) is 3.22. The van der Waals surface area contributed by atoms with E-state index in [1.54, 1.807) is 0 Å². The normalized spacial score (nSPS) is 19.4. The van der Waals surface area contributed by atoms with Crippen molar-refractivity contribution in [2.24, 2.45) is 0 Å². The van der Waals surface area contributed by atoms with Gasteiger partial charge < -0.3 is 10.0 Å². The van der Waals surface area contributed by atoms with Crippen LogP contribution in [0, 0.1) is 0 Å². The Morgan fingerprint density at radius 1 is 1.75 bits per heavy atom. The van der Waals surface area contributed by atoms with Gasteiger partial charge in [0.2, 0.25) is 0 Å². The summed E-state index contributed by atoms with van der Waals surface area (Å²) in [5.74, 6) is 0.753. The molecule has 0 saturated carbocycles. The topological polar surface area (TPSA) is 52.2 Å². The number of aromatic hydroxyl groups is 1. The molecular formula is C8H13N3O. The number of rotatable bonds is 2. The standard InChI is InChI=1S/C8H13N3O/c1-2-11-4-6(5-11)8-7(12)3-9-10-8/h3,6,12H,2,4-5H2,1H3,(H,9,10). The van der Waals surface area contributed by atoms with Crippen LogP contribution in [0.2, 0.25) is 0 Å². The number of hydrogen-bond donors (Lipinski definition) is 2. The highest BCUT2D eigenvalue weighted by Crippen LogP contribution is 2.30. The summed E-state index contributed by atoms with van der Waals surface area (Å²) in [6.45, 7) is 5.30. The molecular weight excluding hydrogens is 154 g/mol. The molecule has 1 saturated heterocycles. The monoisotopic (exact) mass is 167 g/mol. The Labute approximate surface area is 71.2 Å². The van der Waals surface area contributed by atoms with Gasteiger partial charge in [-0.3, -0.25) is 5.10 Å². The van der Waals surface area contributed by atoms with Gasteiger partial charge in [0.25, 0.3) is 0 Å². The van der Waals surface area contributed by atoms with Crippen molar-refractivity contribution in [2.45, 2.75) is 12.8 Å². The predicted octanol–water partition coefficient (Wildman–Crippen LogP) is 0.534. The summed E-state index contributed by atoms with van der Waals surface area (Å²) in [5.41, 5.74) is 0.889. The van der Waals surface area contributed by atoms with Crippen molar-refractivity contribution >= 4 is 0 Å². The molecule has 0 atom stereocenters. The summed E-state index contributed by atoms with van der Waals surface area (Å²) in [6.07, 6.45) is 1.46. The highest BCUT2D eigenvalue weighted by molar-refractivity contribution is 5.27. The van der Waals surface area contributed by atoms with Crippen LogP contribution in [-0.4, -0.2) is 39.8 Å². The van der Waals surface area contributed by atoms with Gasteiger partial charge in [-0.25, -0.2) is 0 Å². The van der Waals surface area contributed by atoms with E-state index in [1.165, 1.54) is 6.20 Å². The molecule has 0 amide bonds. The molecule has 4 nitrogen and oxygen atoms in total. The fourth-order valence-corrected chi connectivity index (χ4v) is 1.60. The van der Waals surface area contributed by atoms with E-state index in [1.807, 2.05) is 0 Å². The van der Waals surface area contributed by atoms with Gasteiger partial charge in [-0.1, -0.05) is 6.92 Å². The fraction of sp³-hybridized carbons (Fsp3) is 0.625. The van der Waals surface area contributed by atoms with Gasteiger partial charge in [-0.15, -0.1) is 0 Å². The molecule has 2 N–H and O–H groups in total. The van der Waals surface area contributed by atoms with Gasteiger partial charge in [-0.2, -0.15) is 5.10 Å². The zero-order chi connectivity index (χ0) is 8.55. The van der Waals surface area contributed by atoms with Gasteiger partial charge in [0.15, 0.2) is 5.75 Å². The number of likely N-dealkylation sites (tertiary alicyclic amines) is 1. The molecule has 1 fully saturated rings. The summed E-state index contributed by atoms with van der Waals surface area (Å²) in [5, 5.41) is 15.9. The zero-order valence-electron chi connectivity index (χ0n) is 7.12. The maximum Gasteiger partial charge on any atom is 0.156 e. The Hall–Kier alpha value is -1.03. The average molecular weight is 167 g/mol. The van der Waals surface area contributed by atoms with E-state index in [0.29, 0.717) is 11.7 Å². The first kappa shape index (κ1) is 7.61. The summed E-state index contributed by atoms with van der Waals surface area (Å²) in [6, 6.07) is 0. The molecule has 0 unspecified atom stereocenters.